The highest BCUT2D eigenvalue weighted by Gasteiger charge is 2.17. The summed E-state index contributed by atoms with van der Waals surface area (Å²) in [7, 11) is 3.72. The molecule has 0 aromatic heterocycles. The number of aryl methyl sites for hydroxylation is 1. The molecule has 1 aliphatic heterocycles. The minimum absolute atomic E-state index is 0.511. The summed E-state index contributed by atoms with van der Waals surface area (Å²) in [4.78, 5) is 4.70. The summed E-state index contributed by atoms with van der Waals surface area (Å²) in [5.74, 6) is 0.765. The number of hydrogen-bond acceptors (Lipinski definition) is 4. The van der Waals surface area contributed by atoms with E-state index in [4.69, 9.17) is 4.74 Å². The topological polar surface area (TPSA) is 35.9 Å². The van der Waals surface area contributed by atoms with Crippen LogP contribution < -0.4 is 4.74 Å². The van der Waals surface area contributed by atoms with Gasteiger partial charge in [0.15, 0.2) is 0 Å². The average Bonchev–Trinajstić information content (AvgIpc) is 2.98. The Hall–Kier alpha value is -1.10. The smallest absolute Gasteiger partial charge is 0.124 e. The van der Waals surface area contributed by atoms with Gasteiger partial charge in [-0.05, 0) is 52.0 Å². The Morgan fingerprint density at radius 1 is 1.33 bits per heavy atom. The maximum atomic E-state index is 10.5. The standard InChI is InChI=1S/C17H28N2O2/c1-14-6-7-17(21-3)15(12-14)16(20)13-18(2)10-11-19-8-4-5-9-19/h6-7,12,16,20H,4-5,8-11,13H2,1-3H3. The van der Waals surface area contributed by atoms with E-state index in [9.17, 15) is 5.11 Å². The fraction of sp³-hybridized carbons (Fsp3) is 0.647. The number of hydrogen-bond donors (Lipinski definition) is 1. The number of aliphatic hydroxyl groups is 1. The van der Waals surface area contributed by atoms with E-state index < -0.39 is 6.10 Å². The number of rotatable bonds is 7. The first kappa shape index (κ1) is 16.3. The molecule has 2 rings (SSSR count). The van der Waals surface area contributed by atoms with Crippen molar-refractivity contribution >= 4 is 0 Å². The second-order valence-electron chi connectivity index (χ2n) is 6.07. The molecular formula is C17H28N2O2. The van der Waals surface area contributed by atoms with Crippen molar-refractivity contribution < 1.29 is 9.84 Å². The first-order chi connectivity index (χ1) is 10.1. The lowest BCUT2D eigenvalue weighted by molar-refractivity contribution is 0.118. The van der Waals surface area contributed by atoms with Gasteiger partial charge in [0, 0.05) is 25.2 Å². The highest BCUT2D eigenvalue weighted by atomic mass is 16.5. The average molecular weight is 292 g/mol. The van der Waals surface area contributed by atoms with Crippen LogP contribution >= 0.6 is 0 Å². The highest BCUT2D eigenvalue weighted by molar-refractivity contribution is 5.38. The molecule has 1 heterocycles. The van der Waals surface area contributed by atoms with Gasteiger partial charge in [0.2, 0.25) is 0 Å². The van der Waals surface area contributed by atoms with E-state index in [2.05, 4.69) is 16.8 Å². The van der Waals surface area contributed by atoms with Gasteiger partial charge in [-0.2, -0.15) is 0 Å². The third-order valence-electron chi connectivity index (χ3n) is 4.23. The van der Waals surface area contributed by atoms with Crippen molar-refractivity contribution in [2.75, 3.05) is 46.9 Å². The molecule has 1 aliphatic rings. The molecule has 118 valence electrons. The predicted octanol–water partition coefficient (Wildman–Crippen LogP) is 2.06. The van der Waals surface area contributed by atoms with Crippen LogP contribution in [0.15, 0.2) is 18.2 Å². The van der Waals surface area contributed by atoms with Gasteiger partial charge in [0.25, 0.3) is 0 Å². The van der Waals surface area contributed by atoms with Gasteiger partial charge in [0.05, 0.1) is 13.2 Å². The van der Waals surface area contributed by atoms with Gasteiger partial charge in [-0.3, -0.25) is 0 Å². The van der Waals surface area contributed by atoms with Crippen LogP contribution in [0.1, 0.15) is 30.1 Å². The van der Waals surface area contributed by atoms with Gasteiger partial charge < -0.3 is 19.6 Å². The molecule has 1 N–H and O–H groups in total. The molecule has 21 heavy (non-hydrogen) atoms. The van der Waals surface area contributed by atoms with Crippen LogP contribution in [-0.2, 0) is 0 Å². The van der Waals surface area contributed by atoms with E-state index in [1.807, 2.05) is 25.1 Å². The highest BCUT2D eigenvalue weighted by Crippen LogP contribution is 2.26. The number of ether oxygens (including phenoxy) is 1. The first-order valence-corrected chi connectivity index (χ1v) is 7.83. The largest absolute Gasteiger partial charge is 0.496 e. The number of benzene rings is 1. The van der Waals surface area contributed by atoms with Gasteiger partial charge in [-0.1, -0.05) is 11.6 Å². The fourth-order valence-electron chi connectivity index (χ4n) is 2.92. The van der Waals surface area contributed by atoms with Crippen LogP contribution in [-0.4, -0.2) is 61.8 Å². The minimum Gasteiger partial charge on any atom is -0.496 e. The van der Waals surface area contributed by atoms with E-state index in [0.29, 0.717) is 6.54 Å². The summed E-state index contributed by atoms with van der Waals surface area (Å²) in [6, 6.07) is 5.95. The number of methoxy groups -OCH3 is 1. The third-order valence-corrected chi connectivity index (χ3v) is 4.23. The maximum absolute atomic E-state index is 10.5. The molecule has 4 nitrogen and oxygen atoms in total. The summed E-state index contributed by atoms with van der Waals surface area (Å²) in [6.45, 7) is 7.20. The van der Waals surface area contributed by atoms with Crippen molar-refractivity contribution in [3.63, 3.8) is 0 Å². The van der Waals surface area contributed by atoms with E-state index in [1.54, 1.807) is 7.11 Å². The Labute approximate surface area is 128 Å². The maximum Gasteiger partial charge on any atom is 0.124 e. The minimum atomic E-state index is -0.511. The molecular weight excluding hydrogens is 264 g/mol. The third kappa shape index (κ3) is 4.70. The molecule has 1 unspecified atom stereocenters. The van der Waals surface area contributed by atoms with E-state index in [-0.39, 0.29) is 0 Å². The molecule has 4 heteroatoms. The Balaban J connectivity index is 1.87. The lowest BCUT2D eigenvalue weighted by atomic mass is 10.0. The molecule has 1 fully saturated rings. The summed E-state index contributed by atoms with van der Waals surface area (Å²) in [5, 5.41) is 10.5. The number of likely N-dealkylation sites (tertiary alicyclic amines) is 1. The number of nitrogens with zero attached hydrogens (tertiary/aromatic N) is 2. The van der Waals surface area contributed by atoms with Gasteiger partial charge in [-0.15, -0.1) is 0 Å². The summed E-state index contributed by atoms with van der Waals surface area (Å²) in [5.41, 5.74) is 2.02. The van der Waals surface area contributed by atoms with Crippen molar-refractivity contribution in [1.82, 2.24) is 9.80 Å². The molecule has 0 bridgehead atoms. The lowest BCUT2D eigenvalue weighted by Gasteiger charge is -2.24. The van der Waals surface area contributed by atoms with Crippen molar-refractivity contribution in [2.45, 2.75) is 25.9 Å². The van der Waals surface area contributed by atoms with E-state index in [0.717, 1.165) is 30.0 Å². The predicted molar refractivity (Wildman–Crippen MR) is 85.9 cm³/mol. The van der Waals surface area contributed by atoms with Crippen molar-refractivity contribution in [3.8, 4) is 5.75 Å². The van der Waals surface area contributed by atoms with Crippen molar-refractivity contribution in [2.24, 2.45) is 0 Å². The molecule has 1 saturated heterocycles. The second-order valence-corrected chi connectivity index (χ2v) is 6.07. The Kier molecular flexibility index (Phi) is 6.03. The zero-order valence-corrected chi connectivity index (χ0v) is 13.5. The van der Waals surface area contributed by atoms with Crippen LogP contribution in [0.25, 0.3) is 0 Å². The molecule has 0 spiro atoms. The Bertz CT molecular complexity index is 444. The Morgan fingerprint density at radius 3 is 2.71 bits per heavy atom. The molecule has 1 atom stereocenters. The van der Waals surface area contributed by atoms with Gasteiger partial charge in [0.1, 0.15) is 5.75 Å². The normalized spacial score (nSPS) is 17.4. The molecule has 0 radical (unpaired) electrons. The quantitative estimate of drug-likeness (QED) is 0.834. The zero-order valence-electron chi connectivity index (χ0n) is 13.5. The van der Waals surface area contributed by atoms with Crippen LogP contribution in [0.2, 0.25) is 0 Å². The lowest BCUT2D eigenvalue weighted by Crippen LogP contribution is -2.33. The van der Waals surface area contributed by atoms with Crippen LogP contribution in [0.4, 0.5) is 0 Å². The van der Waals surface area contributed by atoms with Gasteiger partial charge >= 0.3 is 0 Å². The van der Waals surface area contributed by atoms with Crippen molar-refractivity contribution in [3.05, 3.63) is 29.3 Å². The first-order valence-electron chi connectivity index (χ1n) is 7.83. The van der Waals surface area contributed by atoms with E-state index in [1.165, 1.54) is 25.9 Å². The number of likely N-dealkylation sites (N-methyl/N-ethyl adjacent to an activating group) is 1. The zero-order chi connectivity index (χ0) is 15.2. The summed E-state index contributed by atoms with van der Waals surface area (Å²) >= 11 is 0. The Morgan fingerprint density at radius 2 is 2.05 bits per heavy atom. The molecule has 1 aromatic carbocycles. The summed E-state index contributed by atoms with van der Waals surface area (Å²) in [6.07, 6.45) is 2.14. The molecule has 0 amide bonds. The molecule has 0 saturated carbocycles. The van der Waals surface area contributed by atoms with E-state index >= 15 is 0 Å². The van der Waals surface area contributed by atoms with Crippen LogP contribution in [0.5, 0.6) is 5.75 Å². The SMILES string of the molecule is COc1ccc(C)cc1C(O)CN(C)CCN1CCCC1. The van der Waals surface area contributed by atoms with Crippen LogP contribution in [0, 0.1) is 6.92 Å². The van der Waals surface area contributed by atoms with Crippen LogP contribution in [0.3, 0.4) is 0 Å². The fourth-order valence-corrected chi connectivity index (χ4v) is 2.92. The van der Waals surface area contributed by atoms with Gasteiger partial charge in [-0.25, -0.2) is 0 Å². The van der Waals surface area contributed by atoms with Crippen molar-refractivity contribution in [1.29, 1.82) is 0 Å². The molecule has 1 aromatic rings. The number of aliphatic hydroxyl groups excluding tert-OH is 1. The monoisotopic (exact) mass is 292 g/mol. The second kappa shape index (κ2) is 7.78. The molecule has 0 aliphatic carbocycles. The summed E-state index contributed by atoms with van der Waals surface area (Å²) < 4.78 is 5.36.